The topological polar surface area (TPSA) is 77.3 Å². The minimum atomic E-state index is -1.17. The van der Waals surface area contributed by atoms with Crippen LogP contribution in [0, 0.1) is 5.82 Å². The van der Waals surface area contributed by atoms with Crippen molar-refractivity contribution < 1.29 is 28.6 Å². The van der Waals surface area contributed by atoms with Crippen molar-refractivity contribution in [2.24, 2.45) is 5.16 Å². The third-order valence-electron chi connectivity index (χ3n) is 3.01. The van der Waals surface area contributed by atoms with E-state index >= 15 is 0 Å². The molecule has 1 aliphatic rings. The molecule has 0 bridgehead atoms. The summed E-state index contributed by atoms with van der Waals surface area (Å²) in [5.74, 6) is -1.87. The number of ether oxygens (including phenoxy) is 2. The molecule has 0 radical (unpaired) electrons. The van der Waals surface area contributed by atoms with Gasteiger partial charge in [0.05, 0.1) is 5.02 Å². The first-order valence-corrected chi connectivity index (χ1v) is 7.02. The number of benzene rings is 1. The molecule has 0 aliphatic carbocycles. The van der Waals surface area contributed by atoms with E-state index in [1.54, 1.807) is 0 Å². The predicted octanol–water partition coefficient (Wildman–Crippen LogP) is 2.47. The van der Waals surface area contributed by atoms with Gasteiger partial charge in [-0.05, 0) is 19.9 Å². The van der Waals surface area contributed by atoms with Gasteiger partial charge in [0, 0.05) is 18.2 Å². The van der Waals surface area contributed by atoms with Crippen molar-refractivity contribution in [2.45, 2.75) is 26.1 Å². The van der Waals surface area contributed by atoms with Crippen LogP contribution in [0.3, 0.4) is 0 Å². The first-order valence-electron chi connectivity index (χ1n) is 6.64. The fourth-order valence-electron chi connectivity index (χ4n) is 1.93. The van der Waals surface area contributed by atoms with Crippen LogP contribution in [0.1, 0.15) is 19.4 Å². The molecule has 0 saturated heterocycles. The van der Waals surface area contributed by atoms with Gasteiger partial charge in [-0.3, -0.25) is 0 Å². The van der Waals surface area contributed by atoms with E-state index in [0.717, 1.165) is 6.07 Å². The molecule has 2 rings (SSSR count). The van der Waals surface area contributed by atoms with Gasteiger partial charge in [-0.2, -0.15) is 0 Å². The van der Waals surface area contributed by atoms with Crippen LogP contribution >= 0.6 is 11.6 Å². The molecule has 0 amide bonds. The van der Waals surface area contributed by atoms with Crippen molar-refractivity contribution in [1.82, 2.24) is 0 Å². The minimum absolute atomic E-state index is 0.0192. The molecule has 0 spiro atoms. The predicted molar refractivity (Wildman–Crippen MR) is 77.0 cm³/mol. The quantitative estimate of drug-likeness (QED) is 0.866. The Morgan fingerprint density at radius 3 is 3.00 bits per heavy atom. The summed E-state index contributed by atoms with van der Waals surface area (Å²) in [6, 6.07) is 2.35. The van der Waals surface area contributed by atoms with E-state index < -0.39 is 24.0 Å². The zero-order chi connectivity index (χ0) is 16.3. The third kappa shape index (κ3) is 3.48. The van der Waals surface area contributed by atoms with Crippen molar-refractivity contribution >= 4 is 23.3 Å². The fraction of sp³-hybridized carbons (Fsp3) is 0.429. The standard InChI is InChI=1S/C14H15ClFNO5/c1-3-20-12-6-21-17-13(12)8-4-9(15)10(16)5-11(8)22-7(2)14(18)19/h4-5,7,12H,3,6H2,1-2H3,(H,18,19)/t7-,12?/m0/s1. The van der Waals surface area contributed by atoms with Gasteiger partial charge < -0.3 is 19.4 Å². The summed E-state index contributed by atoms with van der Waals surface area (Å²) in [6.45, 7) is 3.80. The molecule has 6 nitrogen and oxygen atoms in total. The van der Waals surface area contributed by atoms with Crippen LogP contribution in [-0.4, -0.2) is 42.2 Å². The highest BCUT2D eigenvalue weighted by atomic mass is 35.5. The number of hydrogen-bond acceptors (Lipinski definition) is 5. The van der Waals surface area contributed by atoms with Gasteiger partial charge >= 0.3 is 5.97 Å². The Bertz CT molecular complexity index is 607. The summed E-state index contributed by atoms with van der Waals surface area (Å²) in [6.07, 6.45) is -1.61. The van der Waals surface area contributed by atoms with E-state index in [1.807, 2.05) is 6.92 Å². The van der Waals surface area contributed by atoms with E-state index in [1.165, 1.54) is 13.0 Å². The van der Waals surface area contributed by atoms with Crippen LogP contribution in [0.25, 0.3) is 0 Å². The molecular weight excluding hydrogens is 317 g/mol. The van der Waals surface area contributed by atoms with Gasteiger partial charge in [0.15, 0.2) is 6.10 Å². The SMILES string of the molecule is CCOC1CON=C1c1cc(Cl)c(F)cc1O[C@@H](C)C(=O)O. The van der Waals surface area contributed by atoms with Gasteiger partial charge in [-0.25, -0.2) is 9.18 Å². The zero-order valence-electron chi connectivity index (χ0n) is 12.0. The van der Waals surface area contributed by atoms with E-state index in [-0.39, 0.29) is 17.4 Å². The van der Waals surface area contributed by atoms with Gasteiger partial charge in [-0.1, -0.05) is 16.8 Å². The summed E-state index contributed by atoms with van der Waals surface area (Å²) in [5.41, 5.74) is 0.729. The fourth-order valence-corrected chi connectivity index (χ4v) is 2.09. The third-order valence-corrected chi connectivity index (χ3v) is 3.30. The molecule has 120 valence electrons. The number of carbonyl (C=O) groups is 1. The second-order valence-corrected chi connectivity index (χ2v) is 4.98. The first-order chi connectivity index (χ1) is 10.4. The summed E-state index contributed by atoms with van der Waals surface area (Å²) in [5, 5.41) is 12.7. The minimum Gasteiger partial charge on any atom is -0.479 e. The lowest BCUT2D eigenvalue weighted by molar-refractivity contribution is -0.144. The number of rotatable bonds is 6. The van der Waals surface area contributed by atoms with E-state index in [0.29, 0.717) is 17.9 Å². The van der Waals surface area contributed by atoms with Crippen LogP contribution in [0.5, 0.6) is 5.75 Å². The molecule has 0 fully saturated rings. The zero-order valence-corrected chi connectivity index (χ0v) is 12.8. The Kier molecular flexibility index (Phi) is 5.20. The van der Waals surface area contributed by atoms with Crippen LogP contribution < -0.4 is 4.74 Å². The number of halogens is 2. The van der Waals surface area contributed by atoms with Crippen molar-refractivity contribution in [3.8, 4) is 5.75 Å². The second kappa shape index (κ2) is 6.93. The molecule has 1 aliphatic heterocycles. The van der Waals surface area contributed by atoms with Gasteiger partial charge in [0.25, 0.3) is 0 Å². The Balaban J connectivity index is 2.41. The van der Waals surface area contributed by atoms with Crippen molar-refractivity contribution in [3.63, 3.8) is 0 Å². The summed E-state index contributed by atoms with van der Waals surface area (Å²) >= 11 is 5.80. The molecule has 1 heterocycles. The Hall–Kier alpha value is -1.86. The number of carboxylic acid groups (broad SMARTS) is 1. The highest BCUT2D eigenvalue weighted by Crippen LogP contribution is 2.30. The van der Waals surface area contributed by atoms with Gasteiger partial charge in [0.2, 0.25) is 0 Å². The number of nitrogens with zero attached hydrogens (tertiary/aromatic N) is 1. The molecule has 0 aromatic heterocycles. The molecule has 2 atom stereocenters. The van der Waals surface area contributed by atoms with E-state index in [4.69, 9.17) is 31.0 Å². The lowest BCUT2D eigenvalue weighted by atomic mass is 10.0. The molecule has 0 saturated carbocycles. The molecule has 1 unspecified atom stereocenters. The lowest BCUT2D eigenvalue weighted by Crippen LogP contribution is -2.27. The summed E-state index contributed by atoms with van der Waals surface area (Å²) < 4.78 is 24.5. The summed E-state index contributed by atoms with van der Waals surface area (Å²) in [4.78, 5) is 15.9. The van der Waals surface area contributed by atoms with Crippen LogP contribution in [0.15, 0.2) is 17.3 Å². The van der Waals surface area contributed by atoms with Gasteiger partial charge in [0.1, 0.15) is 30.0 Å². The van der Waals surface area contributed by atoms with Crippen LogP contribution in [0.2, 0.25) is 5.02 Å². The Morgan fingerprint density at radius 2 is 2.36 bits per heavy atom. The van der Waals surface area contributed by atoms with E-state index in [2.05, 4.69) is 5.16 Å². The highest BCUT2D eigenvalue weighted by molar-refractivity contribution is 6.31. The molecule has 1 aromatic carbocycles. The van der Waals surface area contributed by atoms with Crippen molar-refractivity contribution in [2.75, 3.05) is 13.2 Å². The summed E-state index contributed by atoms with van der Waals surface area (Å²) in [7, 11) is 0. The maximum Gasteiger partial charge on any atom is 0.344 e. The smallest absolute Gasteiger partial charge is 0.344 e. The lowest BCUT2D eigenvalue weighted by Gasteiger charge is -2.17. The maximum atomic E-state index is 13.7. The monoisotopic (exact) mass is 331 g/mol. The number of aliphatic carboxylic acids is 1. The highest BCUT2D eigenvalue weighted by Gasteiger charge is 2.29. The van der Waals surface area contributed by atoms with Crippen molar-refractivity contribution in [1.29, 1.82) is 0 Å². The normalized spacial score (nSPS) is 18.5. The first kappa shape index (κ1) is 16.5. The number of oxime groups is 1. The molecule has 1 N–H and O–H groups in total. The molecule has 8 heteroatoms. The van der Waals surface area contributed by atoms with Crippen LogP contribution in [0.4, 0.5) is 4.39 Å². The van der Waals surface area contributed by atoms with Gasteiger partial charge in [-0.15, -0.1) is 0 Å². The van der Waals surface area contributed by atoms with Crippen LogP contribution in [-0.2, 0) is 14.4 Å². The Labute approximate surface area is 131 Å². The second-order valence-electron chi connectivity index (χ2n) is 4.58. The van der Waals surface area contributed by atoms with Crippen molar-refractivity contribution in [3.05, 3.63) is 28.5 Å². The molecular formula is C14H15ClFNO5. The number of carboxylic acids is 1. The Morgan fingerprint density at radius 1 is 1.64 bits per heavy atom. The molecule has 1 aromatic rings. The average molecular weight is 332 g/mol. The maximum absolute atomic E-state index is 13.7. The number of hydrogen-bond donors (Lipinski definition) is 1. The van der Waals surface area contributed by atoms with E-state index in [9.17, 15) is 9.18 Å². The largest absolute Gasteiger partial charge is 0.479 e. The molecule has 22 heavy (non-hydrogen) atoms. The average Bonchev–Trinajstić information content (AvgIpc) is 2.91.